The molecular formula is C12H19N5O. The summed E-state index contributed by atoms with van der Waals surface area (Å²) in [4.78, 5) is 10.6. The molecule has 0 amide bonds. The number of amidine groups is 1. The summed E-state index contributed by atoms with van der Waals surface area (Å²) in [6.07, 6.45) is 1.69. The Morgan fingerprint density at radius 3 is 2.89 bits per heavy atom. The quantitative estimate of drug-likeness (QED) is 0.521. The summed E-state index contributed by atoms with van der Waals surface area (Å²) in [5, 5.41) is 17.5. The van der Waals surface area contributed by atoms with Gasteiger partial charge in [-0.2, -0.15) is 0 Å². The molecule has 1 aromatic rings. The number of nitrogen functional groups attached to an aromatic ring is 1. The molecule has 0 aromatic carbocycles. The first-order valence-electron chi connectivity index (χ1n) is 6.05. The molecular weight excluding hydrogens is 230 g/mol. The Labute approximate surface area is 106 Å². The number of aromatic nitrogens is 2. The third-order valence-corrected chi connectivity index (χ3v) is 3.08. The van der Waals surface area contributed by atoms with Gasteiger partial charge in [0.05, 0.1) is 5.60 Å². The van der Waals surface area contributed by atoms with Crippen LogP contribution in [0.15, 0.2) is 6.07 Å². The van der Waals surface area contributed by atoms with Crippen molar-refractivity contribution in [3.8, 4) is 0 Å². The lowest BCUT2D eigenvalue weighted by Crippen LogP contribution is -2.47. The van der Waals surface area contributed by atoms with Gasteiger partial charge < -0.3 is 15.7 Å². The molecule has 0 spiro atoms. The lowest BCUT2D eigenvalue weighted by Gasteiger charge is -2.36. The normalized spacial score (nSPS) is 24.1. The van der Waals surface area contributed by atoms with Crippen LogP contribution >= 0.6 is 0 Å². The van der Waals surface area contributed by atoms with Gasteiger partial charge in [0.15, 0.2) is 0 Å². The molecule has 0 bridgehead atoms. The van der Waals surface area contributed by atoms with Gasteiger partial charge in [-0.1, -0.05) is 0 Å². The van der Waals surface area contributed by atoms with E-state index in [1.807, 2.05) is 18.7 Å². The second-order valence-corrected chi connectivity index (χ2v) is 5.13. The minimum atomic E-state index is -0.707. The van der Waals surface area contributed by atoms with Crippen molar-refractivity contribution in [2.75, 3.05) is 18.0 Å². The largest absolute Gasteiger partial charge is 0.388 e. The highest BCUT2D eigenvalue weighted by molar-refractivity contribution is 5.93. The van der Waals surface area contributed by atoms with Gasteiger partial charge in [-0.25, -0.2) is 9.97 Å². The van der Waals surface area contributed by atoms with Gasteiger partial charge in [-0.15, -0.1) is 0 Å². The molecule has 1 aromatic heterocycles. The summed E-state index contributed by atoms with van der Waals surface area (Å²) in [7, 11) is 0. The second kappa shape index (κ2) is 4.53. The number of nitrogens with one attached hydrogen (secondary N) is 1. The average molecular weight is 249 g/mol. The van der Waals surface area contributed by atoms with E-state index in [1.165, 1.54) is 0 Å². The minimum absolute atomic E-state index is 0.0643. The molecule has 6 nitrogen and oxygen atoms in total. The zero-order valence-corrected chi connectivity index (χ0v) is 10.8. The van der Waals surface area contributed by atoms with E-state index >= 15 is 0 Å². The van der Waals surface area contributed by atoms with Crippen molar-refractivity contribution in [3.05, 3.63) is 17.5 Å². The Kier molecular flexibility index (Phi) is 3.21. The second-order valence-electron chi connectivity index (χ2n) is 5.13. The fourth-order valence-electron chi connectivity index (χ4n) is 2.22. The monoisotopic (exact) mass is 249 g/mol. The predicted molar refractivity (Wildman–Crippen MR) is 69.9 cm³/mol. The molecule has 1 aliphatic rings. The van der Waals surface area contributed by atoms with E-state index in [1.54, 1.807) is 6.07 Å². The van der Waals surface area contributed by atoms with E-state index in [0.717, 1.165) is 25.1 Å². The summed E-state index contributed by atoms with van der Waals surface area (Å²) in [5.41, 5.74) is 5.96. The third-order valence-electron chi connectivity index (χ3n) is 3.08. The summed E-state index contributed by atoms with van der Waals surface area (Å²) in [5.74, 6) is 0.477. The van der Waals surface area contributed by atoms with E-state index in [-0.39, 0.29) is 5.84 Å². The van der Waals surface area contributed by atoms with Gasteiger partial charge in [-0.3, -0.25) is 5.41 Å². The standard InChI is InChI=1S/C12H19N5O/c1-8-6-9(10(13)14)16-11(15-8)17-5-3-4-12(2,18)7-17/h6,18H,3-5,7H2,1-2H3,(H3,13,14). The first kappa shape index (κ1) is 12.8. The summed E-state index contributed by atoms with van der Waals surface area (Å²) >= 11 is 0. The van der Waals surface area contributed by atoms with Crippen molar-refractivity contribution < 1.29 is 5.11 Å². The molecule has 98 valence electrons. The number of hydrogen-bond donors (Lipinski definition) is 3. The highest BCUT2D eigenvalue weighted by atomic mass is 16.3. The van der Waals surface area contributed by atoms with Crippen LogP contribution < -0.4 is 10.6 Å². The molecule has 0 radical (unpaired) electrons. The number of β-amino-alcohol motifs (C(OH)–C–C–N with tert-alkyl or cyclic N) is 1. The summed E-state index contributed by atoms with van der Waals surface area (Å²) in [6.45, 7) is 4.99. The van der Waals surface area contributed by atoms with Crippen LogP contribution in [-0.4, -0.2) is 39.6 Å². The van der Waals surface area contributed by atoms with Crippen LogP contribution in [0.25, 0.3) is 0 Å². The Balaban J connectivity index is 2.30. The van der Waals surface area contributed by atoms with E-state index < -0.39 is 5.60 Å². The number of aliphatic hydroxyl groups is 1. The van der Waals surface area contributed by atoms with Crippen molar-refractivity contribution in [1.29, 1.82) is 5.41 Å². The Bertz CT molecular complexity index is 472. The lowest BCUT2D eigenvalue weighted by atomic mass is 9.95. The Morgan fingerprint density at radius 2 is 2.28 bits per heavy atom. The maximum Gasteiger partial charge on any atom is 0.226 e. The molecule has 1 unspecified atom stereocenters. The topological polar surface area (TPSA) is 99.1 Å². The van der Waals surface area contributed by atoms with Crippen LogP contribution in [0.5, 0.6) is 0 Å². The van der Waals surface area contributed by atoms with Gasteiger partial charge in [0.25, 0.3) is 0 Å². The lowest BCUT2D eigenvalue weighted by molar-refractivity contribution is 0.0444. The van der Waals surface area contributed by atoms with E-state index in [0.29, 0.717) is 18.2 Å². The molecule has 18 heavy (non-hydrogen) atoms. The van der Waals surface area contributed by atoms with Crippen LogP contribution in [0, 0.1) is 12.3 Å². The van der Waals surface area contributed by atoms with Gasteiger partial charge in [0, 0.05) is 18.8 Å². The van der Waals surface area contributed by atoms with Gasteiger partial charge >= 0.3 is 0 Å². The van der Waals surface area contributed by atoms with Crippen molar-refractivity contribution in [2.24, 2.45) is 5.73 Å². The number of aryl methyl sites for hydroxylation is 1. The molecule has 1 aliphatic heterocycles. The smallest absolute Gasteiger partial charge is 0.226 e. The SMILES string of the molecule is Cc1cc(C(=N)N)nc(N2CCCC(C)(O)C2)n1. The predicted octanol–water partition coefficient (Wildman–Crippen LogP) is 0.420. The van der Waals surface area contributed by atoms with Crippen molar-refractivity contribution in [1.82, 2.24) is 9.97 Å². The summed E-state index contributed by atoms with van der Waals surface area (Å²) in [6, 6.07) is 1.69. The Hall–Kier alpha value is -1.69. The van der Waals surface area contributed by atoms with Crippen molar-refractivity contribution >= 4 is 11.8 Å². The van der Waals surface area contributed by atoms with Crippen molar-refractivity contribution in [2.45, 2.75) is 32.3 Å². The highest BCUT2D eigenvalue weighted by Gasteiger charge is 2.29. The summed E-state index contributed by atoms with van der Waals surface area (Å²) < 4.78 is 0. The molecule has 2 rings (SSSR count). The first-order valence-corrected chi connectivity index (χ1v) is 6.05. The van der Waals surface area contributed by atoms with E-state index in [4.69, 9.17) is 11.1 Å². The number of anilines is 1. The van der Waals surface area contributed by atoms with Crippen LogP contribution in [0.3, 0.4) is 0 Å². The van der Waals surface area contributed by atoms with E-state index in [2.05, 4.69) is 9.97 Å². The fraction of sp³-hybridized carbons (Fsp3) is 0.583. The molecule has 2 heterocycles. The molecule has 1 saturated heterocycles. The highest BCUT2D eigenvalue weighted by Crippen LogP contribution is 2.23. The fourth-order valence-corrected chi connectivity index (χ4v) is 2.22. The molecule has 4 N–H and O–H groups in total. The van der Waals surface area contributed by atoms with Crippen LogP contribution in [-0.2, 0) is 0 Å². The third kappa shape index (κ3) is 2.76. The number of rotatable bonds is 2. The Morgan fingerprint density at radius 1 is 1.56 bits per heavy atom. The molecule has 1 fully saturated rings. The van der Waals surface area contributed by atoms with Crippen LogP contribution in [0.2, 0.25) is 0 Å². The maximum atomic E-state index is 10.1. The van der Waals surface area contributed by atoms with E-state index in [9.17, 15) is 5.11 Å². The minimum Gasteiger partial charge on any atom is -0.388 e. The zero-order valence-electron chi connectivity index (χ0n) is 10.8. The first-order chi connectivity index (χ1) is 8.37. The van der Waals surface area contributed by atoms with Gasteiger partial charge in [0.1, 0.15) is 11.5 Å². The number of piperidine rings is 1. The van der Waals surface area contributed by atoms with Crippen LogP contribution in [0.4, 0.5) is 5.95 Å². The van der Waals surface area contributed by atoms with Gasteiger partial charge in [-0.05, 0) is 32.8 Å². The average Bonchev–Trinajstić information content (AvgIpc) is 2.26. The number of nitrogens with two attached hydrogens (primary N) is 1. The molecule has 0 aliphatic carbocycles. The number of hydrogen-bond acceptors (Lipinski definition) is 5. The molecule has 6 heteroatoms. The maximum absolute atomic E-state index is 10.1. The van der Waals surface area contributed by atoms with Crippen LogP contribution in [0.1, 0.15) is 31.2 Å². The zero-order chi connectivity index (χ0) is 13.3. The van der Waals surface area contributed by atoms with Gasteiger partial charge in [0.2, 0.25) is 5.95 Å². The molecule has 0 saturated carbocycles. The van der Waals surface area contributed by atoms with Crippen molar-refractivity contribution in [3.63, 3.8) is 0 Å². The molecule has 1 atom stereocenters. The number of nitrogens with zero attached hydrogens (tertiary/aromatic N) is 3.